The Morgan fingerprint density at radius 3 is 2.78 bits per heavy atom. The molecule has 1 aromatic rings. The first kappa shape index (κ1) is 14.8. The van der Waals surface area contributed by atoms with Crippen molar-refractivity contribution in [1.82, 2.24) is 9.88 Å². The minimum Gasteiger partial charge on any atom is -0.306 e. The fourth-order valence-electron chi connectivity index (χ4n) is 1.84. The van der Waals surface area contributed by atoms with Gasteiger partial charge in [0.05, 0.1) is 6.20 Å². The zero-order valence-corrected chi connectivity index (χ0v) is 11.3. The highest BCUT2D eigenvalue weighted by atomic mass is 19.1. The molecule has 1 aromatic heterocycles. The van der Waals surface area contributed by atoms with Crippen LogP contribution in [0.15, 0.2) is 18.3 Å². The predicted molar refractivity (Wildman–Crippen MR) is 70.1 cm³/mol. The third-order valence-corrected chi connectivity index (χ3v) is 2.91. The number of rotatable bonds is 7. The zero-order chi connectivity index (χ0) is 13.5. The van der Waals surface area contributed by atoms with Crippen LogP contribution >= 0.6 is 0 Å². The van der Waals surface area contributed by atoms with Gasteiger partial charge in [0, 0.05) is 12.5 Å². The van der Waals surface area contributed by atoms with E-state index in [1.807, 2.05) is 14.0 Å². The number of Topliss-reactive ketones (excluding diaryl/α,β-unsaturated/α-hetero) is 1. The molecule has 0 aromatic carbocycles. The number of hydrogen-bond acceptors (Lipinski definition) is 3. The summed E-state index contributed by atoms with van der Waals surface area (Å²) in [5, 5.41) is 0. The number of aromatic nitrogens is 1. The van der Waals surface area contributed by atoms with Crippen LogP contribution in [0.25, 0.3) is 0 Å². The van der Waals surface area contributed by atoms with E-state index in [0.29, 0.717) is 12.2 Å². The first-order valence-corrected chi connectivity index (χ1v) is 6.39. The molecule has 0 radical (unpaired) electrons. The second-order valence-corrected chi connectivity index (χ2v) is 4.74. The molecule has 0 amide bonds. The number of ketones is 1. The molecule has 100 valence electrons. The van der Waals surface area contributed by atoms with E-state index in [0.717, 1.165) is 25.6 Å². The number of unbranched alkanes of at least 4 members (excludes halogenated alkanes) is 1. The summed E-state index contributed by atoms with van der Waals surface area (Å²) in [5.41, 5.74) is 0.341. The minimum absolute atomic E-state index is 0.0293. The van der Waals surface area contributed by atoms with Crippen LogP contribution in [0.2, 0.25) is 0 Å². The van der Waals surface area contributed by atoms with Crippen molar-refractivity contribution in [1.29, 1.82) is 0 Å². The molecule has 4 heteroatoms. The molecule has 0 aliphatic rings. The van der Waals surface area contributed by atoms with Gasteiger partial charge in [-0.15, -0.1) is 0 Å². The molecule has 0 N–H and O–H groups in total. The van der Waals surface area contributed by atoms with Gasteiger partial charge < -0.3 is 4.90 Å². The van der Waals surface area contributed by atoms with Gasteiger partial charge in [-0.3, -0.25) is 9.78 Å². The molecule has 1 rings (SSSR count). The van der Waals surface area contributed by atoms with Gasteiger partial charge in [-0.25, -0.2) is 4.39 Å². The topological polar surface area (TPSA) is 33.2 Å². The molecular weight excluding hydrogens is 231 g/mol. The van der Waals surface area contributed by atoms with E-state index in [1.165, 1.54) is 12.1 Å². The van der Waals surface area contributed by atoms with Gasteiger partial charge >= 0.3 is 0 Å². The summed E-state index contributed by atoms with van der Waals surface area (Å²) in [6.45, 7) is 5.73. The Balaban J connectivity index is 2.53. The maximum absolute atomic E-state index is 12.7. The quantitative estimate of drug-likeness (QED) is 0.700. The van der Waals surface area contributed by atoms with Crippen LogP contribution in [0, 0.1) is 11.7 Å². The standard InChI is InChI=1S/C14H21FN2O/c1-4-5-8-17(3)10-11(2)14(18)13-7-6-12(15)9-16-13/h6-7,9,11H,4-5,8,10H2,1-3H3. The Morgan fingerprint density at radius 1 is 1.50 bits per heavy atom. The number of carbonyl (C=O) groups is 1. The highest BCUT2D eigenvalue weighted by Gasteiger charge is 2.17. The Labute approximate surface area is 108 Å². The maximum Gasteiger partial charge on any atom is 0.185 e. The van der Waals surface area contributed by atoms with E-state index in [2.05, 4.69) is 16.8 Å². The Hall–Kier alpha value is -1.29. The van der Waals surface area contributed by atoms with E-state index in [-0.39, 0.29) is 11.7 Å². The van der Waals surface area contributed by atoms with Crippen LogP contribution in [-0.4, -0.2) is 35.8 Å². The van der Waals surface area contributed by atoms with Crippen molar-refractivity contribution in [3.05, 3.63) is 29.8 Å². The molecule has 1 atom stereocenters. The summed E-state index contributed by atoms with van der Waals surface area (Å²) in [4.78, 5) is 18.0. The molecular formula is C14H21FN2O. The molecule has 0 saturated heterocycles. The van der Waals surface area contributed by atoms with Crippen LogP contribution in [0.4, 0.5) is 4.39 Å². The van der Waals surface area contributed by atoms with Gasteiger partial charge in [-0.1, -0.05) is 20.3 Å². The molecule has 0 saturated carbocycles. The second kappa shape index (κ2) is 7.21. The summed E-state index contributed by atoms with van der Waals surface area (Å²) in [6, 6.07) is 2.72. The summed E-state index contributed by atoms with van der Waals surface area (Å²) >= 11 is 0. The van der Waals surface area contributed by atoms with Crippen molar-refractivity contribution in [2.24, 2.45) is 5.92 Å². The van der Waals surface area contributed by atoms with E-state index >= 15 is 0 Å². The van der Waals surface area contributed by atoms with Crippen molar-refractivity contribution >= 4 is 5.78 Å². The number of hydrogen-bond donors (Lipinski definition) is 0. The zero-order valence-electron chi connectivity index (χ0n) is 11.3. The molecule has 18 heavy (non-hydrogen) atoms. The first-order valence-electron chi connectivity index (χ1n) is 6.39. The molecule has 1 heterocycles. The van der Waals surface area contributed by atoms with Gasteiger partial charge in [0.15, 0.2) is 5.78 Å². The summed E-state index contributed by atoms with van der Waals surface area (Å²) < 4.78 is 12.7. The molecule has 0 spiro atoms. The van der Waals surface area contributed by atoms with Crippen LogP contribution in [0.3, 0.4) is 0 Å². The van der Waals surface area contributed by atoms with E-state index in [9.17, 15) is 9.18 Å². The Morgan fingerprint density at radius 2 is 2.22 bits per heavy atom. The van der Waals surface area contributed by atoms with Crippen molar-refractivity contribution in [3.63, 3.8) is 0 Å². The third-order valence-electron chi connectivity index (χ3n) is 2.91. The van der Waals surface area contributed by atoms with Crippen molar-refractivity contribution < 1.29 is 9.18 Å². The molecule has 3 nitrogen and oxygen atoms in total. The van der Waals surface area contributed by atoms with Gasteiger partial charge in [0.1, 0.15) is 11.5 Å². The molecule has 0 bridgehead atoms. The van der Waals surface area contributed by atoms with E-state index < -0.39 is 5.82 Å². The lowest BCUT2D eigenvalue weighted by Crippen LogP contribution is -2.29. The lowest BCUT2D eigenvalue weighted by atomic mass is 10.0. The summed E-state index contributed by atoms with van der Waals surface area (Å²) in [5.74, 6) is -0.567. The van der Waals surface area contributed by atoms with Gasteiger partial charge in [-0.05, 0) is 32.1 Å². The van der Waals surface area contributed by atoms with Crippen molar-refractivity contribution in [3.8, 4) is 0 Å². The normalized spacial score (nSPS) is 12.7. The Bertz CT molecular complexity index is 378. The van der Waals surface area contributed by atoms with Crippen LogP contribution in [0.1, 0.15) is 37.2 Å². The van der Waals surface area contributed by atoms with Gasteiger partial charge in [-0.2, -0.15) is 0 Å². The summed E-state index contributed by atoms with van der Waals surface area (Å²) in [6.07, 6.45) is 3.36. The number of halogens is 1. The molecule has 0 aliphatic carbocycles. The fraction of sp³-hybridized carbons (Fsp3) is 0.571. The van der Waals surface area contributed by atoms with E-state index in [4.69, 9.17) is 0 Å². The lowest BCUT2D eigenvalue weighted by molar-refractivity contribution is 0.0897. The average molecular weight is 252 g/mol. The van der Waals surface area contributed by atoms with E-state index in [1.54, 1.807) is 0 Å². The van der Waals surface area contributed by atoms with Crippen LogP contribution in [0.5, 0.6) is 0 Å². The molecule has 1 unspecified atom stereocenters. The lowest BCUT2D eigenvalue weighted by Gasteiger charge is -2.20. The first-order chi connectivity index (χ1) is 8.54. The summed E-state index contributed by atoms with van der Waals surface area (Å²) in [7, 11) is 2.01. The maximum atomic E-state index is 12.7. The minimum atomic E-state index is -0.417. The number of pyridine rings is 1. The average Bonchev–Trinajstić information content (AvgIpc) is 2.36. The third kappa shape index (κ3) is 4.53. The highest BCUT2D eigenvalue weighted by molar-refractivity contribution is 5.95. The fourth-order valence-corrected chi connectivity index (χ4v) is 1.84. The monoisotopic (exact) mass is 252 g/mol. The number of nitrogens with zero attached hydrogens (tertiary/aromatic N) is 2. The van der Waals surface area contributed by atoms with Gasteiger partial charge in [0.2, 0.25) is 0 Å². The molecule has 0 fully saturated rings. The van der Waals surface area contributed by atoms with Crippen molar-refractivity contribution in [2.45, 2.75) is 26.7 Å². The molecule has 0 aliphatic heterocycles. The van der Waals surface area contributed by atoms with Gasteiger partial charge in [0.25, 0.3) is 0 Å². The van der Waals surface area contributed by atoms with Crippen molar-refractivity contribution in [2.75, 3.05) is 20.1 Å². The SMILES string of the molecule is CCCCN(C)CC(C)C(=O)c1ccc(F)cn1. The van der Waals surface area contributed by atoms with Crippen LogP contribution in [-0.2, 0) is 0 Å². The van der Waals surface area contributed by atoms with Crippen LogP contribution < -0.4 is 0 Å². The smallest absolute Gasteiger partial charge is 0.185 e. The predicted octanol–water partition coefficient (Wildman–Crippen LogP) is 2.77. The highest BCUT2D eigenvalue weighted by Crippen LogP contribution is 2.09. The second-order valence-electron chi connectivity index (χ2n) is 4.74. The Kier molecular flexibility index (Phi) is 5.92. The largest absolute Gasteiger partial charge is 0.306 e. The number of carbonyl (C=O) groups excluding carboxylic acids is 1.